The number of ether oxygens (including phenoxy) is 1. The van der Waals surface area contributed by atoms with E-state index in [-0.39, 0.29) is 12.5 Å². The Morgan fingerprint density at radius 3 is 2.12 bits per heavy atom. The Bertz CT molecular complexity index is 899. The van der Waals surface area contributed by atoms with Gasteiger partial charge in [-0.3, -0.25) is 9.69 Å². The van der Waals surface area contributed by atoms with Gasteiger partial charge in [-0.05, 0) is 48.6 Å². The standard InChI is InChI=1S/C21H26N2O2S.C2H2O4/c1-17-4-3-5-19(14-17)25-16-21(24)23-12-10-22(11-13-23)15-18-6-8-20(26-2)9-7-18;3-1(4)2(5)6/h3-9,14H,10-13,15-16H2,1-2H3;(H,3,4)(H,5,6). The summed E-state index contributed by atoms with van der Waals surface area (Å²) in [6, 6.07) is 16.5. The maximum Gasteiger partial charge on any atom is 0.414 e. The van der Waals surface area contributed by atoms with Crippen LogP contribution in [0.4, 0.5) is 0 Å². The van der Waals surface area contributed by atoms with Crippen LogP contribution in [0.25, 0.3) is 0 Å². The molecule has 1 fully saturated rings. The summed E-state index contributed by atoms with van der Waals surface area (Å²) in [4.78, 5) is 36.2. The van der Waals surface area contributed by atoms with Crippen LogP contribution in [0.15, 0.2) is 53.4 Å². The molecule has 0 atom stereocenters. The van der Waals surface area contributed by atoms with E-state index in [0.717, 1.165) is 44.0 Å². The number of hydrogen-bond acceptors (Lipinski definition) is 6. The Labute approximate surface area is 191 Å². The SMILES string of the molecule is CSc1ccc(CN2CCN(C(=O)COc3cccc(C)c3)CC2)cc1.O=C(O)C(=O)O. The molecular weight excluding hydrogens is 432 g/mol. The summed E-state index contributed by atoms with van der Waals surface area (Å²) in [5.74, 6) is -2.83. The van der Waals surface area contributed by atoms with Gasteiger partial charge in [0.1, 0.15) is 5.75 Å². The van der Waals surface area contributed by atoms with E-state index in [9.17, 15) is 4.79 Å². The summed E-state index contributed by atoms with van der Waals surface area (Å²) in [7, 11) is 0. The third-order valence-corrected chi connectivity index (χ3v) is 5.57. The van der Waals surface area contributed by atoms with Crippen molar-refractivity contribution in [3.8, 4) is 5.75 Å². The molecule has 2 N–H and O–H groups in total. The average molecular weight is 461 g/mol. The molecular formula is C23H28N2O6S. The second kappa shape index (κ2) is 12.7. The quantitative estimate of drug-likeness (QED) is 0.500. The van der Waals surface area contributed by atoms with E-state index in [1.165, 1.54) is 10.5 Å². The molecule has 0 spiro atoms. The fraction of sp³-hybridized carbons (Fsp3) is 0.348. The molecule has 0 saturated carbocycles. The third-order valence-electron chi connectivity index (χ3n) is 4.83. The van der Waals surface area contributed by atoms with E-state index in [1.54, 1.807) is 11.8 Å². The molecule has 2 aromatic rings. The predicted molar refractivity (Wildman–Crippen MR) is 122 cm³/mol. The second-order valence-electron chi connectivity index (χ2n) is 7.22. The molecule has 1 aliphatic heterocycles. The summed E-state index contributed by atoms with van der Waals surface area (Å²) in [5.41, 5.74) is 2.46. The number of carboxylic acids is 2. The van der Waals surface area contributed by atoms with Crippen molar-refractivity contribution in [3.63, 3.8) is 0 Å². The van der Waals surface area contributed by atoms with Crippen LogP contribution in [0.5, 0.6) is 5.75 Å². The van der Waals surface area contributed by atoms with Crippen molar-refractivity contribution < 1.29 is 29.3 Å². The molecule has 0 radical (unpaired) electrons. The number of carbonyl (C=O) groups is 3. The van der Waals surface area contributed by atoms with Gasteiger partial charge in [0, 0.05) is 37.6 Å². The highest BCUT2D eigenvalue weighted by atomic mass is 32.2. The molecule has 172 valence electrons. The van der Waals surface area contributed by atoms with Gasteiger partial charge in [0.05, 0.1) is 0 Å². The van der Waals surface area contributed by atoms with Gasteiger partial charge in [-0.2, -0.15) is 0 Å². The summed E-state index contributed by atoms with van der Waals surface area (Å²) in [6.45, 7) is 6.40. The maximum atomic E-state index is 12.4. The largest absolute Gasteiger partial charge is 0.484 e. The van der Waals surface area contributed by atoms with Gasteiger partial charge in [-0.15, -0.1) is 11.8 Å². The number of rotatable bonds is 6. The van der Waals surface area contributed by atoms with Crippen molar-refractivity contribution in [2.24, 2.45) is 0 Å². The molecule has 1 saturated heterocycles. The van der Waals surface area contributed by atoms with Crippen LogP contribution in [0, 0.1) is 6.92 Å². The maximum absolute atomic E-state index is 12.4. The van der Waals surface area contributed by atoms with Crippen molar-refractivity contribution in [3.05, 3.63) is 59.7 Å². The van der Waals surface area contributed by atoms with Gasteiger partial charge < -0.3 is 19.8 Å². The molecule has 0 aliphatic carbocycles. The fourth-order valence-electron chi connectivity index (χ4n) is 3.09. The first kappa shape index (κ1) is 25.2. The molecule has 0 unspecified atom stereocenters. The minimum atomic E-state index is -1.82. The van der Waals surface area contributed by atoms with Crippen molar-refractivity contribution in [1.29, 1.82) is 0 Å². The zero-order chi connectivity index (χ0) is 23.5. The third kappa shape index (κ3) is 8.60. The summed E-state index contributed by atoms with van der Waals surface area (Å²) in [6.07, 6.45) is 2.09. The predicted octanol–water partition coefficient (Wildman–Crippen LogP) is 2.60. The van der Waals surface area contributed by atoms with Gasteiger partial charge in [0.25, 0.3) is 5.91 Å². The lowest BCUT2D eigenvalue weighted by Crippen LogP contribution is -2.49. The van der Waals surface area contributed by atoms with Crippen LogP contribution < -0.4 is 4.74 Å². The first-order chi connectivity index (χ1) is 15.3. The van der Waals surface area contributed by atoms with Crippen LogP contribution in [-0.4, -0.2) is 76.9 Å². The molecule has 1 heterocycles. The van der Waals surface area contributed by atoms with Crippen molar-refractivity contribution >= 4 is 29.6 Å². The number of aryl methyl sites for hydroxylation is 1. The Morgan fingerprint density at radius 1 is 0.969 bits per heavy atom. The van der Waals surface area contributed by atoms with E-state index in [1.807, 2.05) is 36.1 Å². The van der Waals surface area contributed by atoms with E-state index in [2.05, 4.69) is 35.4 Å². The monoisotopic (exact) mass is 460 g/mol. The van der Waals surface area contributed by atoms with Crippen LogP contribution in [-0.2, 0) is 20.9 Å². The van der Waals surface area contributed by atoms with Crippen LogP contribution in [0.3, 0.4) is 0 Å². The number of hydrogen-bond donors (Lipinski definition) is 2. The highest BCUT2D eigenvalue weighted by Crippen LogP contribution is 2.17. The summed E-state index contributed by atoms with van der Waals surface area (Å²) in [5, 5.41) is 14.8. The lowest BCUT2D eigenvalue weighted by Gasteiger charge is -2.34. The molecule has 1 aliphatic rings. The zero-order valence-corrected chi connectivity index (χ0v) is 19.0. The molecule has 9 heteroatoms. The number of amides is 1. The van der Waals surface area contributed by atoms with Gasteiger partial charge >= 0.3 is 11.9 Å². The lowest BCUT2D eigenvalue weighted by molar-refractivity contribution is -0.159. The Hall–Kier alpha value is -3.04. The zero-order valence-electron chi connectivity index (χ0n) is 18.2. The van der Waals surface area contributed by atoms with Gasteiger partial charge in [-0.25, -0.2) is 9.59 Å². The molecule has 1 amide bonds. The number of piperazine rings is 1. The number of nitrogens with zero attached hydrogens (tertiary/aromatic N) is 2. The van der Waals surface area contributed by atoms with Crippen LogP contribution in [0.2, 0.25) is 0 Å². The highest BCUT2D eigenvalue weighted by molar-refractivity contribution is 7.98. The number of carboxylic acid groups (broad SMARTS) is 2. The molecule has 32 heavy (non-hydrogen) atoms. The Kier molecular flexibility index (Phi) is 10.0. The minimum absolute atomic E-state index is 0.0653. The average Bonchev–Trinajstić information content (AvgIpc) is 2.79. The van der Waals surface area contributed by atoms with E-state index in [0.29, 0.717) is 0 Å². The minimum Gasteiger partial charge on any atom is -0.484 e. The van der Waals surface area contributed by atoms with E-state index < -0.39 is 11.9 Å². The number of thioether (sulfide) groups is 1. The number of benzene rings is 2. The Morgan fingerprint density at radius 2 is 1.59 bits per heavy atom. The van der Waals surface area contributed by atoms with Crippen LogP contribution >= 0.6 is 11.8 Å². The normalized spacial score (nSPS) is 13.6. The fourth-order valence-corrected chi connectivity index (χ4v) is 3.49. The van der Waals surface area contributed by atoms with Gasteiger partial charge in [0.2, 0.25) is 0 Å². The smallest absolute Gasteiger partial charge is 0.414 e. The number of carbonyl (C=O) groups excluding carboxylic acids is 1. The molecule has 8 nitrogen and oxygen atoms in total. The van der Waals surface area contributed by atoms with Crippen molar-refractivity contribution in [2.75, 3.05) is 39.0 Å². The lowest BCUT2D eigenvalue weighted by atomic mass is 10.2. The molecule has 0 bridgehead atoms. The molecule has 0 aromatic heterocycles. The summed E-state index contributed by atoms with van der Waals surface area (Å²) >= 11 is 1.76. The summed E-state index contributed by atoms with van der Waals surface area (Å²) < 4.78 is 5.64. The van der Waals surface area contributed by atoms with E-state index >= 15 is 0 Å². The molecule has 2 aromatic carbocycles. The number of aliphatic carboxylic acids is 2. The topological polar surface area (TPSA) is 107 Å². The molecule has 3 rings (SSSR count). The van der Waals surface area contributed by atoms with Crippen molar-refractivity contribution in [2.45, 2.75) is 18.4 Å². The first-order valence-corrected chi connectivity index (χ1v) is 11.3. The highest BCUT2D eigenvalue weighted by Gasteiger charge is 2.21. The second-order valence-corrected chi connectivity index (χ2v) is 8.10. The van der Waals surface area contributed by atoms with E-state index in [4.69, 9.17) is 24.5 Å². The van der Waals surface area contributed by atoms with Gasteiger partial charge in [-0.1, -0.05) is 24.3 Å². The Balaban J connectivity index is 0.000000534. The van der Waals surface area contributed by atoms with Gasteiger partial charge in [0.15, 0.2) is 6.61 Å². The first-order valence-electron chi connectivity index (χ1n) is 10.1. The van der Waals surface area contributed by atoms with Crippen LogP contribution in [0.1, 0.15) is 11.1 Å². The van der Waals surface area contributed by atoms with Crippen molar-refractivity contribution in [1.82, 2.24) is 9.80 Å².